The van der Waals surface area contributed by atoms with Crippen molar-refractivity contribution in [3.05, 3.63) is 86.0 Å². The molecule has 0 aromatic heterocycles. The molecule has 4 rings (SSSR count). The van der Waals surface area contributed by atoms with Gasteiger partial charge in [0, 0.05) is 32.4 Å². The van der Waals surface area contributed by atoms with Crippen LogP contribution in [-0.4, -0.2) is 18.4 Å². The van der Waals surface area contributed by atoms with Gasteiger partial charge in [0.25, 0.3) is 0 Å². The lowest BCUT2D eigenvalue weighted by Crippen LogP contribution is -2.29. The van der Waals surface area contributed by atoms with E-state index in [9.17, 15) is 9.59 Å². The number of halogens is 2. The normalized spacial score (nSPS) is 18.0. The average Bonchev–Trinajstić information content (AvgIpc) is 2.94. The Morgan fingerprint density at radius 1 is 1.14 bits per heavy atom. The number of allylic oxidation sites excluding steroid dienone is 2. The van der Waals surface area contributed by atoms with E-state index in [0.29, 0.717) is 43.7 Å². The van der Waals surface area contributed by atoms with Crippen LogP contribution in [0.5, 0.6) is 0 Å². The Morgan fingerprint density at radius 2 is 1.86 bits per heavy atom. The number of benzene rings is 2. The van der Waals surface area contributed by atoms with Gasteiger partial charge in [-0.25, -0.2) is 4.79 Å². The van der Waals surface area contributed by atoms with Crippen molar-refractivity contribution in [2.75, 3.05) is 6.61 Å². The van der Waals surface area contributed by atoms with Crippen LogP contribution >= 0.6 is 23.2 Å². The Labute approximate surface area is 172 Å². The molecule has 2 aromatic carbocycles. The third-order valence-corrected chi connectivity index (χ3v) is 5.58. The van der Waals surface area contributed by atoms with E-state index < -0.39 is 11.9 Å². The zero-order valence-electron chi connectivity index (χ0n) is 15.3. The second-order valence-electron chi connectivity index (χ2n) is 6.65. The minimum atomic E-state index is -0.639. The molecule has 0 saturated carbocycles. The summed E-state index contributed by atoms with van der Waals surface area (Å²) in [6, 6.07) is 12.5. The average molecular weight is 414 g/mol. The first-order valence-corrected chi connectivity index (χ1v) is 9.67. The van der Waals surface area contributed by atoms with Gasteiger partial charge < -0.3 is 10.1 Å². The molecular formula is C22H17Cl2NO3. The van der Waals surface area contributed by atoms with Gasteiger partial charge in [0.15, 0.2) is 5.78 Å². The summed E-state index contributed by atoms with van der Waals surface area (Å²) in [7, 11) is 0. The van der Waals surface area contributed by atoms with Crippen LogP contribution < -0.4 is 5.32 Å². The van der Waals surface area contributed by atoms with Gasteiger partial charge in [0.1, 0.15) is 0 Å². The van der Waals surface area contributed by atoms with Crippen molar-refractivity contribution in [2.24, 2.45) is 0 Å². The number of rotatable bonds is 3. The zero-order valence-corrected chi connectivity index (χ0v) is 16.8. The highest BCUT2D eigenvalue weighted by atomic mass is 35.5. The van der Waals surface area contributed by atoms with Crippen molar-refractivity contribution in [1.29, 1.82) is 0 Å². The first kappa shape index (κ1) is 18.8. The minimum absolute atomic E-state index is 0.122. The highest BCUT2D eigenvalue weighted by Gasteiger charge is 2.43. The van der Waals surface area contributed by atoms with Crippen molar-refractivity contribution in [3.63, 3.8) is 0 Å². The number of carbonyl (C=O) groups excluding carboxylic acids is 2. The molecule has 1 aliphatic carbocycles. The maximum Gasteiger partial charge on any atom is 0.336 e. The lowest BCUT2D eigenvalue weighted by Gasteiger charge is -2.29. The molecule has 0 radical (unpaired) electrons. The standard InChI is InChI=1S/C22H17Cl2NO3/c1-3-28-22(27)17-11(2)25-20-13-6-4-5-7-14(13)21(26)19(20)18(17)15-9-8-12(23)10-16(15)24/h4-10,18,25H,3H2,1-2H3/t18-/m0/s1. The summed E-state index contributed by atoms with van der Waals surface area (Å²) >= 11 is 12.6. The number of nitrogens with one attached hydrogen (secondary N) is 1. The lowest BCUT2D eigenvalue weighted by atomic mass is 9.80. The largest absolute Gasteiger partial charge is 0.463 e. The van der Waals surface area contributed by atoms with Crippen LogP contribution in [0.25, 0.3) is 5.70 Å². The van der Waals surface area contributed by atoms with Crippen LogP contribution in [0.2, 0.25) is 10.0 Å². The molecule has 2 aromatic rings. The molecule has 0 unspecified atom stereocenters. The molecule has 1 heterocycles. The Balaban J connectivity index is 1.96. The number of hydrogen-bond donors (Lipinski definition) is 1. The van der Waals surface area contributed by atoms with E-state index in [1.54, 1.807) is 38.1 Å². The minimum Gasteiger partial charge on any atom is -0.463 e. The monoisotopic (exact) mass is 413 g/mol. The van der Waals surface area contributed by atoms with Crippen LogP contribution in [0.4, 0.5) is 0 Å². The third-order valence-electron chi connectivity index (χ3n) is 5.02. The lowest BCUT2D eigenvalue weighted by molar-refractivity contribution is -0.138. The van der Waals surface area contributed by atoms with Crippen LogP contribution in [0.15, 0.2) is 59.3 Å². The predicted octanol–water partition coefficient (Wildman–Crippen LogP) is 5.12. The molecule has 1 aliphatic heterocycles. The summed E-state index contributed by atoms with van der Waals surface area (Å²) < 4.78 is 5.29. The van der Waals surface area contributed by atoms with Gasteiger partial charge in [-0.3, -0.25) is 4.79 Å². The second-order valence-corrected chi connectivity index (χ2v) is 7.49. The first-order valence-electron chi connectivity index (χ1n) is 8.92. The van der Waals surface area contributed by atoms with E-state index in [0.717, 1.165) is 5.56 Å². The fourth-order valence-corrected chi connectivity index (χ4v) is 4.37. The summed E-state index contributed by atoms with van der Waals surface area (Å²) in [4.78, 5) is 26.1. The number of ketones is 1. The van der Waals surface area contributed by atoms with Crippen molar-refractivity contribution in [3.8, 4) is 0 Å². The summed E-state index contributed by atoms with van der Waals surface area (Å²) in [5.41, 5.74) is 4.29. The molecule has 0 spiro atoms. The third kappa shape index (κ3) is 2.84. The highest BCUT2D eigenvalue weighted by molar-refractivity contribution is 6.35. The molecule has 0 amide bonds. The van der Waals surface area contributed by atoms with Crippen LogP contribution in [-0.2, 0) is 9.53 Å². The number of hydrogen-bond acceptors (Lipinski definition) is 4. The Morgan fingerprint density at radius 3 is 2.54 bits per heavy atom. The van der Waals surface area contributed by atoms with E-state index in [1.807, 2.05) is 18.2 Å². The summed E-state index contributed by atoms with van der Waals surface area (Å²) in [6.45, 7) is 3.78. The SMILES string of the molecule is CCOC(=O)C1=C(C)NC2=C(C(=O)c3ccccc32)[C@H]1c1ccc(Cl)cc1Cl. The summed E-state index contributed by atoms with van der Waals surface area (Å²) in [5.74, 6) is -1.23. The molecule has 4 nitrogen and oxygen atoms in total. The van der Waals surface area contributed by atoms with Gasteiger partial charge in [0.05, 0.1) is 23.8 Å². The van der Waals surface area contributed by atoms with Crippen LogP contribution in [0.1, 0.15) is 41.3 Å². The Kier molecular flexibility index (Phi) is 4.77. The summed E-state index contributed by atoms with van der Waals surface area (Å²) in [6.07, 6.45) is 0. The maximum absolute atomic E-state index is 13.3. The topological polar surface area (TPSA) is 55.4 Å². The number of carbonyl (C=O) groups is 2. The molecule has 1 N–H and O–H groups in total. The molecule has 142 valence electrons. The molecule has 0 fully saturated rings. The fraction of sp³-hybridized carbons (Fsp3) is 0.182. The molecular weight excluding hydrogens is 397 g/mol. The Bertz CT molecular complexity index is 1080. The summed E-state index contributed by atoms with van der Waals surface area (Å²) in [5, 5.41) is 4.13. The van der Waals surface area contributed by atoms with Gasteiger partial charge in [-0.15, -0.1) is 0 Å². The van der Waals surface area contributed by atoms with Crippen molar-refractivity contribution in [1.82, 2.24) is 5.32 Å². The van der Waals surface area contributed by atoms with Gasteiger partial charge in [-0.05, 0) is 31.5 Å². The predicted molar refractivity (Wildman–Crippen MR) is 109 cm³/mol. The van der Waals surface area contributed by atoms with Gasteiger partial charge in [-0.2, -0.15) is 0 Å². The molecule has 6 heteroatoms. The smallest absolute Gasteiger partial charge is 0.336 e. The number of Topliss-reactive ketones (excluding diaryl/α,β-unsaturated/α-hetero) is 1. The Hall–Kier alpha value is -2.56. The van der Waals surface area contributed by atoms with E-state index in [2.05, 4.69) is 5.32 Å². The molecule has 1 atom stereocenters. The first-order chi connectivity index (χ1) is 13.4. The van der Waals surface area contributed by atoms with E-state index in [4.69, 9.17) is 27.9 Å². The van der Waals surface area contributed by atoms with Gasteiger partial charge >= 0.3 is 5.97 Å². The van der Waals surface area contributed by atoms with Crippen molar-refractivity contribution < 1.29 is 14.3 Å². The quantitative estimate of drug-likeness (QED) is 0.708. The number of fused-ring (bicyclic) bond motifs is 2. The van der Waals surface area contributed by atoms with E-state index in [1.165, 1.54) is 0 Å². The van der Waals surface area contributed by atoms with E-state index >= 15 is 0 Å². The molecule has 0 bridgehead atoms. The molecule has 2 aliphatic rings. The second kappa shape index (κ2) is 7.12. The van der Waals surface area contributed by atoms with E-state index in [-0.39, 0.29) is 12.4 Å². The van der Waals surface area contributed by atoms with Crippen LogP contribution in [0.3, 0.4) is 0 Å². The number of esters is 1. The molecule has 28 heavy (non-hydrogen) atoms. The zero-order chi connectivity index (χ0) is 20.0. The van der Waals surface area contributed by atoms with Crippen molar-refractivity contribution >= 4 is 40.7 Å². The fourth-order valence-electron chi connectivity index (χ4n) is 3.86. The number of ether oxygens (including phenoxy) is 1. The van der Waals surface area contributed by atoms with Gasteiger partial charge in [0.2, 0.25) is 0 Å². The maximum atomic E-state index is 13.3. The van der Waals surface area contributed by atoms with Crippen molar-refractivity contribution in [2.45, 2.75) is 19.8 Å². The molecule has 0 saturated heterocycles. The highest BCUT2D eigenvalue weighted by Crippen LogP contribution is 2.48. The number of dihydropyridines is 1. The van der Waals surface area contributed by atoms with Gasteiger partial charge in [-0.1, -0.05) is 53.5 Å². The van der Waals surface area contributed by atoms with Crippen LogP contribution in [0, 0.1) is 0 Å².